The normalized spacial score (nSPS) is 12.9. The second kappa shape index (κ2) is 7.80. The molecule has 0 saturated carbocycles. The Hall–Kier alpha value is -0.570. The molecule has 2 N–H and O–H groups in total. The van der Waals surface area contributed by atoms with Gasteiger partial charge in [-0.1, -0.05) is 20.8 Å². The molecule has 0 aliphatic carbocycles. The smallest absolute Gasteiger partial charge is 0.308 e. The minimum atomic E-state index is -0.112. The van der Waals surface area contributed by atoms with E-state index >= 15 is 0 Å². The van der Waals surface area contributed by atoms with Crippen molar-refractivity contribution in [1.82, 2.24) is 0 Å². The maximum atomic E-state index is 11.3. The lowest BCUT2D eigenvalue weighted by molar-refractivity contribution is -0.148. The molecule has 0 aromatic carbocycles. The summed E-state index contributed by atoms with van der Waals surface area (Å²) in [7, 11) is 0. The topological polar surface area (TPSA) is 52.3 Å². The first-order valence-electron chi connectivity index (χ1n) is 5.44. The third-order valence-corrected chi connectivity index (χ3v) is 2.17. The molecule has 3 heteroatoms. The van der Waals surface area contributed by atoms with Crippen molar-refractivity contribution >= 4 is 5.97 Å². The third kappa shape index (κ3) is 6.89. The van der Waals surface area contributed by atoms with Gasteiger partial charge in [0.15, 0.2) is 0 Å². The van der Waals surface area contributed by atoms with E-state index in [2.05, 4.69) is 13.8 Å². The molecule has 0 aliphatic heterocycles. The Labute approximate surface area is 87.0 Å². The predicted octanol–water partition coefficient (Wildman–Crippen LogP) is 1.95. The molecule has 0 heterocycles. The number of nitrogens with two attached hydrogens (primary N) is 1. The monoisotopic (exact) mass is 201 g/mol. The number of ether oxygens (including phenoxy) is 1. The molecule has 0 spiro atoms. The minimum absolute atomic E-state index is 0.0564. The lowest BCUT2D eigenvalue weighted by Gasteiger charge is -2.10. The molecule has 0 fully saturated rings. The van der Waals surface area contributed by atoms with Crippen molar-refractivity contribution in [1.29, 1.82) is 0 Å². The van der Waals surface area contributed by atoms with Crippen molar-refractivity contribution in [2.45, 2.75) is 40.0 Å². The first-order valence-corrected chi connectivity index (χ1v) is 5.44. The summed E-state index contributed by atoms with van der Waals surface area (Å²) >= 11 is 0. The fraction of sp³-hybridized carbons (Fsp3) is 0.909. The molecule has 0 bridgehead atoms. The average Bonchev–Trinajstić information content (AvgIpc) is 2.12. The summed E-state index contributed by atoms with van der Waals surface area (Å²) in [5.74, 6) is 0.508. The van der Waals surface area contributed by atoms with Crippen molar-refractivity contribution in [2.24, 2.45) is 17.6 Å². The minimum Gasteiger partial charge on any atom is -0.465 e. The number of rotatable bonds is 7. The molecule has 0 rings (SSSR count). The number of hydrogen-bond acceptors (Lipinski definition) is 3. The highest BCUT2D eigenvalue weighted by molar-refractivity contribution is 5.71. The standard InChI is InChI=1S/C11H23NO2/c1-9(2)5-4-8-14-11(13)10(3)6-7-12/h9-10H,4-8,12H2,1-3H3. The van der Waals surface area contributed by atoms with Crippen LogP contribution in [-0.2, 0) is 9.53 Å². The van der Waals surface area contributed by atoms with Gasteiger partial charge >= 0.3 is 5.97 Å². The number of carbonyl (C=O) groups excluding carboxylic acids is 1. The molecule has 0 aliphatic rings. The summed E-state index contributed by atoms with van der Waals surface area (Å²) in [5, 5.41) is 0. The van der Waals surface area contributed by atoms with E-state index in [1.54, 1.807) is 0 Å². The van der Waals surface area contributed by atoms with Crippen LogP contribution >= 0.6 is 0 Å². The summed E-state index contributed by atoms with van der Waals surface area (Å²) < 4.78 is 5.11. The summed E-state index contributed by atoms with van der Waals surface area (Å²) in [6, 6.07) is 0. The van der Waals surface area contributed by atoms with Gasteiger partial charge in [-0.3, -0.25) is 4.79 Å². The average molecular weight is 201 g/mol. The van der Waals surface area contributed by atoms with Crippen molar-refractivity contribution in [3.8, 4) is 0 Å². The number of esters is 1. The zero-order valence-corrected chi connectivity index (χ0v) is 9.58. The molecule has 0 amide bonds. The van der Waals surface area contributed by atoms with Crippen LogP contribution in [0.3, 0.4) is 0 Å². The van der Waals surface area contributed by atoms with Gasteiger partial charge in [0.25, 0.3) is 0 Å². The van der Waals surface area contributed by atoms with E-state index in [-0.39, 0.29) is 11.9 Å². The highest BCUT2D eigenvalue weighted by Crippen LogP contribution is 2.06. The zero-order valence-electron chi connectivity index (χ0n) is 9.58. The second-order valence-electron chi connectivity index (χ2n) is 4.18. The van der Waals surface area contributed by atoms with E-state index in [9.17, 15) is 4.79 Å². The molecule has 0 saturated heterocycles. The zero-order chi connectivity index (χ0) is 11.0. The fourth-order valence-electron chi connectivity index (χ4n) is 1.17. The molecular weight excluding hydrogens is 178 g/mol. The highest BCUT2D eigenvalue weighted by atomic mass is 16.5. The van der Waals surface area contributed by atoms with Gasteiger partial charge in [0.05, 0.1) is 12.5 Å². The SMILES string of the molecule is CC(C)CCCOC(=O)C(C)CCN. The maximum absolute atomic E-state index is 11.3. The van der Waals surface area contributed by atoms with Gasteiger partial charge in [0, 0.05) is 0 Å². The van der Waals surface area contributed by atoms with Gasteiger partial charge in [-0.25, -0.2) is 0 Å². The molecule has 1 unspecified atom stereocenters. The van der Waals surface area contributed by atoms with Crippen LogP contribution in [-0.4, -0.2) is 19.1 Å². The summed E-state index contributed by atoms with van der Waals surface area (Å²) in [6.45, 7) is 7.28. The van der Waals surface area contributed by atoms with Crippen LogP contribution in [0.15, 0.2) is 0 Å². The van der Waals surface area contributed by atoms with Crippen LogP contribution in [0.25, 0.3) is 0 Å². The Kier molecular flexibility index (Phi) is 7.48. The van der Waals surface area contributed by atoms with Crippen LogP contribution < -0.4 is 5.73 Å². The predicted molar refractivity (Wildman–Crippen MR) is 57.9 cm³/mol. The Morgan fingerprint density at radius 1 is 1.29 bits per heavy atom. The van der Waals surface area contributed by atoms with Crippen molar-refractivity contribution in [3.05, 3.63) is 0 Å². The second-order valence-corrected chi connectivity index (χ2v) is 4.18. The summed E-state index contributed by atoms with van der Waals surface area (Å²) in [6.07, 6.45) is 2.78. The fourth-order valence-corrected chi connectivity index (χ4v) is 1.17. The van der Waals surface area contributed by atoms with Gasteiger partial charge in [-0.2, -0.15) is 0 Å². The van der Waals surface area contributed by atoms with E-state index in [1.165, 1.54) is 0 Å². The highest BCUT2D eigenvalue weighted by Gasteiger charge is 2.12. The maximum Gasteiger partial charge on any atom is 0.308 e. The Morgan fingerprint density at radius 3 is 2.43 bits per heavy atom. The van der Waals surface area contributed by atoms with Crippen LogP contribution in [0.2, 0.25) is 0 Å². The van der Waals surface area contributed by atoms with Gasteiger partial charge in [-0.15, -0.1) is 0 Å². The molecule has 0 aromatic heterocycles. The van der Waals surface area contributed by atoms with Gasteiger partial charge in [-0.05, 0) is 31.7 Å². The van der Waals surface area contributed by atoms with Gasteiger partial charge in [0.2, 0.25) is 0 Å². The molecule has 0 aromatic rings. The van der Waals surface area contributed by atoms with Gasteiger partial charge in [0.1, 0.15) is 0 Å². The quantitative estimate of drug-likeness (QED) is 0.506. The largest absolute Gasteiger partial charge is 0.465 e. The van der Waals surface area contributed by atoms with E-state index in [1.807, 2.05) is 6.92 Å². The Morgan fingerprint density at radius 2 is 1.93 bits per heavy atom. The van der Waals surface area contributed by atoms with E-state index < -0.39 is 0 Å². The lowest BCUT2D eigenvalue weighted by Crippen LogP contribution is -2.18. The Balaban J connectivity index is 3.44. The van der Waals surface area contributed by atoms with Gasteiger partial charge < -0.3 is 10.5 Å². The first kappa shape index (κ1) is 13.4. The molecular formula is C11H23NO2. The van der Waals surface area contributed by atoms with Crippen LogP contribution in [0.5, 0.6) is 0 Å². The molecule has 1 atom stereocenters. The molecule has 0 radical (unpaired) electrons. The molecule has 14 heavy (non-hydrogen) atoms. The number of carbonyl (C=O) groups is 1. The summed E-state index contributed by atoms with van der Waals surface area (Å²) in [4.78, 5) is 11.3. The van der Waals surface area contributed by atoms with Crippen LogP contribution in [0.4, 0.5) is 0 Å². The van der Waals surface area contributed by atoms with Crippen molar-refractivity contribution in [2.75, 3.05) is 13.2 Å². The Bertz CT molecular complexity index is 157. The van der Waals surface area contributed by atoms with Crippen molar-refractivity contribution < 1.29 is 9.53 Å². The summed E-state index contributed by atoms with van der Waals surface area (Å²) in [5.41, 5.74) is 5.35. The van der Waals surface area contributed by atoms with Crippen molar-refractivity contribution in [3.63, 3.8) is 0 Å². The lowest BCUT2D eigenvalue weighted by atomic mass is 10.1. The van der Waals surface area contributed by atoms with E-state index in [0.29, 0.717) is 25.5 Å². The van der Waals surface area contributed by atoms with Crippen LogP contribution in [0.1, 0.15) is 40.0 Å². The molecule has 3 nitrogen and oxygen atoms in total. The first-order chi connectivity index (χ1) is 6.57. The molecule has 84 valence electrons. The number of hydrogen-bond donors (Lipinski definition) is 1. The van der Waals surface area contributed by atoms with E-state index in [0.717, 1.165) is 12.8 Å². The third-order valence-electron chi connectivity index (χ3n) is 2.17. The van der Waals surface area contributed by atoms with E-state index in [4.69, 9.17) is 10.5 Å². The van der Waals surface area contributed by atoms with Crippen LogP contribution in [0, 0.1) is 11.8 Å².